The number of amides is 3. The van der Waals surface area contributed by atoms with E-state index in [-0.39, 0.29) is 43.3 Å². The van der Waals surface area contributed by atoms with Gasteiger partial charge in [0, 0.05) is 33.7 Å². The lowest BCUT2D eigenvalue weighted by molar-refractivity contribution is -0.151. The summed E-state index contributed by atoms with van der Waals surface area (Å²) in [6, 6.07) is 20.4. The van der Waals surface area contributed by atoms with Crippen LogP contribution in [0.1, 0.15) is 48.4 Å². The molecule has 3 aromatic carbocycles. The Balaban J connectivity index is 1.16. The second kappa shape index (κ2) is 13.6. The van der Waals surface area contributed by atoms with Gasteiger partial charge < -0.3 is 34.4 Å². The van der Waals surface area contributed by atoms with E-state index in [1.54, 1.807) is 22.9 Å². The van der Waals surface area contributed by atoms with E-state index in [1.165, 1.54) is 0 Å². The molecule has 9 nitrogen and oxygen atoms in total. The highest BCUT2D eigenvalue weighted by Crippen LogP contribution is 2.60. The highest BCUT2D eigenvalue weighted by molar-refractivity contribution is 9.10. The van der Waals surface area contributed by atoms with Gasteiger partial charge in [-0.15, -0.1) is 0 Å². The third kappa shape index (κ3) is 6.23. The van der Waals surface area contributed by atoms with Crippen LogP contribution in [0, 0.1) is 5.92 Å². The Morgan fingerprint density at radius 1 is 1.12 bits per heavy atom. The van der Waals surface area contributed by atoms with Crippen LogP contribution in [0.4, 0.5) is 15.5 Å². The maximum atomic E-state index is 16.4. The molecule has 4 aliphatic heterocycles. The fourth-order valence-corrected chi connectivity index (χ4v) is 11.6. The molecule has 2 fully saturated rings. The molecule has 0 bridgehead atoms. The van der Waals surface area contributed by atoms with Crippen LogP contribution in [0.2, 0.25) is 18.6 Å². The molecule has 50 heavy (non-hydrogen) atoms. The molecule has 12 heteroatoms. The Kier molecular flexibility index (Phi) is 9.53. The lowest BCUT2D eigenvalue weighted by Gasteiger charge is -2.37. The van der Waals surface area contributed by atoms with Gasteiger partial charge in [0.25, 0.3) is 5.91 Å². The van der Waals surface area contributed by atoms with Crippen molar-refractivity contribution < 1.29 is 28.3 Å². The predicted molar refractivity (Wildman–Crippen MR) is 196 cm³/mol. The summed E-state index contributed by atoms with van der Waals surface area (Å²) < 4.78 is 24.1. The van der Waals surface area contributed by atoms with Crippen molar-refractivity contribution >= 4 is 53.4 Å². The first-order valence-electron chi connectivity index (χ1n) is 17.5. The van der Waals surface area contributed by atoms with Crippen LogP contribution in [0.15, 0.2) is 71.2 Å². The van der Waals surface area contributed by atoms with Crippen molar-refractivity contribution in [2.75, 3.05) is 23.4 Å². The zero-order valence-corrected chi connectivity index (χ0v) is 31.2. The first-order valence-corrected chi connectivity index (χ1v) is 21.2. The average molecular weight is 764 g/mol. The SMILES string of the molecule is C[C@@H]1[C@@H]([Si](C)(C)F)[C@H](CC(=O)N2Cc3ccccc3C[C@H]2CO)O[C@@]12C(=O)N(Cc1ccc(NC(=O)[C@H]3CCCN3)cc1)c1ccc(Br)cc12. The van der Waals surface area contributed by atoms with Gasteiger partial charge in [-0.25, -0.2) is 0 Å². The van der Waals surface area contributed by atoms with E-state index in [4.69, 9.17) is 4.74 Å². The van der Waals surface area contributed by atoms with E-state index in [2.05, 4.69) is 26.6 Å². The van der Waals surface area contributed by atoms with Crippen LogP contribution >= 0.6 is 15.9 Å². The number of aliphatic hydroxyl groups is 1. The van der Waals surface area contributed by atoms with E-state index in [1.807, 2.05) is 73.7 Å². The van der Waals surface area contributed by atoms with Crippen molar-refractivity contribution in [2.45, 2.75) is 88.1 Å². The normalized spacial score (nSPS) is 27.5. The monoisotopic (exact) mass is 762 g/mol. The van der Waals surface area contributed by atoms with Crippen LogP contribution in [0.3, 0.4) is 0 Å². The molecule has 0 saturated carbocycles. The number of rotatable bonds is 8. The second-order valence-corrected chi connectivity index (χ2v) is 19.4. The molecule has 4 heterocycles. The molecule has 0 radical (unpaired) electrons. The predicted octanol–water partition coefficient (Wildman–Crippen LogP) is 5.80. The average Bonchev–Trinajstić information content (AvgIpc) is 3.79. The molecule has 3 aromatic rings. The molecule has 6 atom stereocenters. The number of hydrogen-bond donors (Lipinski definition) is 3. The van der Waals surface area contributed by atoms with Crippen LogP contribution in [0.25, 0.3) is 0 Å². The molecule has 1 spiro atoms. The molecule has 4 aliphatic rings. The molecule has 3 amide bonds. The van der Waals surface area contributed by atoms with Crippen LogP contribution < -0.4 is 15.5 Å². The van der Waals surface area contributed by atoms with Crippen molar-refractivity contribution in [1.82, 2.24) is 10.2 Å². The Labute approximate surface area is 301 Å². The van der Waals surface area contributed by atoms with Crippen molar-refractivity contribution in [1.29, 1.82) is 0 Å². The van der Waals surface area contributed by atoms with Crippen LogP contribution in [-0.2, 0) is 44.2 Å². The van der Waals surface area contributed by atoms with E-state index in [0.717, 1.165) is 40.5 Å². The minimum absolute atomic E-state index is 0.0577. The third-order valence-corrected chi connectivity index (χ3v) is 14.1. The van der Waals surface area contributed by atoms with E-state index >= 15 is 4.11 Å². The summed E-state index contributed by atoms with van der Waals surface area (Å²) in [7, 11) is -3.50. The summed E-state index contributed by atoms with van der Waals surface area (Å²) in [5.74, 6) is -1.10. The topological polar surface area (TPSA) is 111 Å². The number of hydrogen-bond acceptors (Lipinski definition) is 6. The van der Waals surface area contributed by atoms with Gasteiger partial charge in [0.05, 0.1) is 43.4 Å². The second-order valence-electron chi connectivity index (χ2n) is 14.7. The first-order chi connectivity index (χ1) is 23.9. The van der Waals surface area contributed by atoms with Gasteiger partial charge in [-0.3, -0.25) is 14.4 Å². The van der Waals surface area contributed by atoms with Gasteiger partial charge >= 0.3 is 0 Å². The zero-order valence-electron chi connectivity index (χ0n) is 28.6. The number of anilines is 2. The summed E-state index contributed by atoms with van der Waals surface area (Å²) in [5, 5.41) is 16.4. The molecular formula is C38H44BrFN4O5Si. The number of carbonyl (C=O) groups excluding carboxylic acids is 3. The smallest absolute Gasteiger partial charge is 0.264 e. The minimum Gasteiger partial charge on any atom is -0.394 e. The Morgan fingerprint density at radius 3 is 2.54 bits per heavy atom. The van der Waals surface area contributed by atoms with Crippen molar-refractivity contribution in [3.8, 4) is 0 Å². The van der Waals surface area contributed by atoms with E-state index in [9.17, 15) is 19.5 Å². The van der Waals surface area contributed by atoms with Gasteiger partial charge in [-0.2, -0.15) is 0 Å². The van der Waals surface area contributed by atoms with Gasteiger partial charge in [0.15, 0.2) is 5.60 Å². The third-order valence-electron chi connectivity index (χ3n) is 11.1. The van der Waals surface area contributed by atoms with Crippen molar-refractivity contribution in [2.24, 2.45) is 5.92 Å². The summed E-state index contributed by atoms with van der Waals surface area (Å²) >= 11 is 3.59. The summed E-state index contributed by atoms with van der Waals surface area (Å²) in [6.45, 7) is 6.41. The molecule has 264 valence electrons. The molecule has 0 aliphatic carbocycles. The van der Waals surface area contributed by atoms with Crippen LogP contribution in [-0.4, -0.2) is 67.5 Å². The lowest BCUT2D eigenvalue weighted by atomic mass is 9.82. The highest BCUT2D eigenvalue weighted by atomic mass is 79.9. The maximum absolute atomic E-state index is 16.4. The van der Waals surface area contributed by atoms with Gasteiger partial charge in [0.1, 0.15) is 0 Å². The number of carbonyl (C=O) groups is 3. The number of benzene rings is 3. The molecule has 3 N–H and O–H groups in total. The van der Waals surface area contributed by atoms with E-state index < -0.39 is 37.6 Å². The summed E-state index contributed by atoms with van der Waals surface area (Å²) in [5.41, 5.74) is 2.91. The summed E-state index contributed by atoms with van der Waals surface area (Å²) in [4.78, 5) is 44.9. The first kappa shape index (κ1) is 35.0. The maximum Gasteiger partial charge on any atom is 0.264 e. The fraction of sp³-hybridized carbons (Fsp3) is 0.447. The van der Waals surface area contributed by atoms with Crippen molar-refractivity contribution in [3.63, 3.8) is 0 Å². The molecule has 0 aromatic heterocycles. The van der Waals surface area contributed by atoms with Gasteiger partial charge in [0.2, 0.25) is 20.2 Å². The number of halogens is 2. The van der Waals surface area contributed by atoms with Crippen molar-refractivity contribution in [3.05, 3.63) is 93.5 Å². The standard InChI is InChI=1S/C38H44BrFN4O5Si/c1-23-35(50(2,3)40)33(19-34(46)43-21-26-8-5-4-7-25(26)17-29(43)22-45)49-38(23)30-18-27(39)12-15-32(30)44(37(38)48)20-24-10-13-28(14-11-24)42-36(47)31-9-6-16-41-31/h4-5,7-8,10-15,18,23,29,31,33,35,41,45H,6,9,16-17,19-22H2,1-3H3,(H,42,47)/t23-,29+,31-,33+,35-,38+/m1/s1. The Morgan fingerprint density at radius 2 is 1.86 bits per heavy atom. The molecular weight excluding hydrogens is 719 g/mol. The minimum atomic E-state index is -3.50. The number of aliphatic hydroxyl groups excluding tert-OH is 1. The lowest BCUT2D eigenvalue weighted by Crippen LogP contribution is -2.48. The van der Waals surface area contributed by atoms with Crippen LogP contribution in [0.5, 0.6) is 0 Å². The fourth-order valence-electron chi connectivity index (χ4n) is 8.72. The highest BCUT2D eigenvalue weighted by Gasteiger charge is 2.67. The molecule has 7 rings (SSSR count). The summed E-state index contributed by atoms with van der Waals surface area (Å²) in [6.07, 6.45) is 1.41. The quantitative estimate of drug-likeness (QED) is 0.198. The largest absolute Gasteiger partial charge is 0.394 e. The number of ether oxygens (including phenoxy) is 1. The number of fused-ring (bicyclic) bond motifs is 3. The van der Waals surface area contributed by atoms with Gasteiger partial charge in [-0.1, -0.05) is 59.3 Å². The Bertz CT molecular complexity index is 1800. The number of nitrogens with one attached hydrogen (secondary N) is 2. The van der Waals surface area contributed by atoms with E-state index in [0.29, 0.717) is 29.9 Å². The Hall–Kier alpha value is -3.42. The number of nitrogens with zero attached hydrogens (tertiary/aromatic N) is 2. The zero-order chi connectivity index (χ0) is 35.4. The molecule has 2 saturated heterocycles. The van der Waals surface area contributed by atoms with Gasteiger partial charge in [-0.05, 0) is 85.9 Å². The molecule has 0 unspecified atom stereocenters.